The Labute approximate surface area is 196 Å². The van der Waals surface area contributed by atoms with Crippen molar-refractivity contribution < 1.29 is 4.57 Å². The van der Waals surface area contributed by atoms with Gasteiger partial charge in [0.2, 0.25) is 0 Å². The smallest absolute Gasteiger partial charge is 0.271 e. The van der Waals surface area contributed by atoms with Crippen LogP contribution in [0.3, 0.4) is 0 Å². The van der Waals surface area contributed by atoms with E-state index in [0.717, 1.165) is 25.9 Å². The molecule has 0 spiro atoms. The zero-order valence-electron chi connectivity index (χ0n) is 21.4. The fourth-order valence-electron chi connectivity index (χ4n) is 4.12. The van der Waals surface area contributed by atoms with E-state index in [0.29, 0.717) is 0 Å². The van der Waals surface area contributed by atoms with Gasteiger partial charge < -0.3 is 0 Å². The highest BCUT2D eigenvalue weighted by Gasteiger charge is 2.12. The Balaban J connectivity index is 3.25. The summed E-state index contributed by atoms with van der Waals surface area (Å²) in [6.45, 7) is 6.03. The molecule has 0 saturated heterocycles. The molecular formula is C26H58N3OP. The number of nitrogens with two attached hydrogens (primary N) is 1. The van der Waals surface area contributed by atoms with Crippen LogP contribution in [0, 0.1) is 0 Å². The summed E-state index contributed by atoms with van der Waals surface area (Å²) in [6.07, 6.45) is 29.4. The van der Waals surface area contributed by atoms with Gasteiger partial charge in [0.05, 0.1) is 0 Å². The summed E-state index contributed by atoms with van der Waals surface area (Å²) in [4.78, 5) is 0. The van der Waals surface area contributed by atoms with Crippen molar-refractivity contribution in [1.82, 2.24) is 10.2 Å². The van der Waals surface area contributed by atoms with Crippen LogP contribution in [0.5, 0.6) is 0 Å². The van der Waals surface area contributed by atoms with E-state index >= 15 is 0 Å². The molecule has 0 aromatic carbocycles. The molecule has 0 aromatic rings. The zero-order valence-corrected chi connectivity index (χ0v) is 22.3. The van der Waals surface area contributed by atoms with Gasteiger partial charge in [0.1, 0.15) is 0 Å². The molecule has 0 heterocycles. The third-order valence-electron chi connectivity index (χ3n) is 6.25. The lowest BCUT2D eigenvalue weighted by atomic mass is 10.0. The van der Waals surface area contributed by atoms with E-state index in [-0.39, 0.29) is 0 Å². The summed E-state index contributed by atoms with van der Waals surface area (Å²) >= 11 is 0. The molecule has 0 radical (unpaired) electrons. The molecule has 5 heteroatoms. The van der Waals surface area contributed by atoms with Crippen molar-refractivity contribution in [3.63, 3.8) is 0 Å². The molecule has 4 N–H and O–H groups in total. The molecule has 1 atom stereocenters. The monoisotopic (exact) mass is 459 g/mol. The lowest BCUT2D eigenvalue weighted by molar-refractivity contribution is 0.525. The number of unbranched alkanes of at least 4 members (excludes halogenated alkanes) is 20. The minimum absolute atomic E-state index is 0.756. The van der Waals surface area contributed by atoms with Crippen LogP contribution in [0.4, 0.5) is 0 Å². The third-order valence-corrected chi connectivity index (χ3v) is 7.64. The van der Waals surface area contributed by atoms with Crippen LogP contribution in [-0.4, -0.2) is 13.1 Å². The first-order valence-electron chi connectivity index (χ1n) is 14.0. The lowest BCUT2D eigenvalue weighted by Crippen LogP contribution is -2.29. The Hall–Kier alpha value is 0.110. The van der Waals surface area contributed by atoms with Crippen LogP contribution in [0.25, 0.3) is 0 Å². The van der Waals surface area contributed by atoms with E-state index in [4.69, 9.17) is 5.50 Å². The average molecular weight is 460 g/mol. The van der Waals surface area contributed by atoms with Gasteiger partial charge in [-0.2, -0.15) is 0 Å². The molecule has 0 aromatic heterocycles. The number of nitrogens with one attached hydrogen (secondary N) is 2. The molecular weight excluding hydrogens is 401 g/mol. The van der Waals surface area contributed by atoms with Gasteiger partial charge in [-0.25, -0.2) is 10.2 Å². The second kappa shape index (κ2) is 24.7. The fraction of sp³-hybridized carbons (Fsp3) is 1.00. The molecule has 31 heavy (non-hydrogen) atoms. The molecule has 4 nitrogen and oxygen atoms in total. The van der Waals surface area contributed by atoms with Crippen molar-refractivity contribution in [3.05, 3.63) is 0 Å². The summed E-state index contributed by atoms with van der Waals surface area (Å²) in [5.41, 5.74) is 5.88. The van der Waals surface area contributed by atoms with E-state index in [1.807, 2.05) is 0 Å². The summed E-state index contributed by atoms with van der Waals surface area (Å²) in [6, 6.07) is 0. The predicted molar refractivity (Wildman–Crippen MR) is 141 cm³/mol. The quantitative estimate of drug-likeness (QED) is 0.0892. The summed E-state index contributed by atoms with van der Waals surface area (Å²) in [7, 11) is -2.84. The summed E-state index contributed by atoms with van der Waals surface area (Å²) < 4.78 is 12.3. The molecule has 0 aliphatic rings. The first-order chi connectivity index (χ1) is 15.1. The van der Waals surface area contributed by atoms with Crippen LogP contribution >= 0.6 is 7.59 Å². The largest absolute Gasteiger partial charge is 0.276 e. The van der Waals surface area contributed by atoms with Crippen molar-refractivity contribution >= 4 is 7.59 Å². The molecule has 0 amide bonds. The predicted octanol–water partition coefficient (Wildman–Crippen LogP) is 8.85. The van der Waals surface area contributed by atoms with Crippen molar-refractivity contribution in [1.29, 1.82) is 0 Å². The number of hydrogen-bond acceptors (Lipinski definition) is 1. The second-order valence-electron chi connectivity index (χ2n) is 9.55. The molecule has 0 saturated carbocycles. The Morgan fingerprint density at radius 1 is 0.452 bits per heavy atom. The maximum atomic E-state index is 12.3. The van der Waals surface area contributed by atoms with E-state index in [9.17, 15) is 4.57 Å². The Morgan fingerprint density at radius 2 is 0.677 bits per heavy atom. The number of rotatable bonds is 26. The van der Waals surface area contributed by atoms with Crippen LogP contribution < -0.4 is 15.7 Å². The molecule has 0 aliphatic carbocycles. The molecule has 188 valence electrons. The summed E-state index contributed by atoms with van der Waals surface area (Å²) in [5.74, 6) is 0. The summed E-state index contributed by atoms with van der Waals surface area (Å²) in [5, 5.41) is 6.07. The maximum absolute atomic E-state index is 12.3. The van der Waals surface area contributed by atoms with Crippen molar-refractivity contribution in [2.24, 2.45) is 5.50 Å². The first kappa shape index (κ1) is 31.1. The Morgan fingerprint density at radius 3 is 0.935 bits per heavy atom. The van der Waals surface area contributed by atoms with E-state index in [1.54, 1.807) is 0 Å². The van der Waals surface area contributed by atoms with Crippen molar-refractivity contribution in [2.75, 3.05) is 13.1 Å². The van der Waals surface area contributed by atoms with Crippen LogP contribution in [0.1, 0.15) is 155 Å². The molecule has 0 aliphatic heterocycles. The fourth-order valence-corrected chi connectivity index (χ4v) is 5.22. The lowest BCUT2D eigenvalue weighted by Gasteiger charge is -2.15. The van der Waals surface area contributed by atoms with E-state index in [2.05, 4.69) is 24.0 Å². The third kappa shape index (κ3) is 26.2. The van der Waals surface area contributed by atoms with Gasteiger partial charge in [0, 0.05) is 13.1 Å². The molecule has 1 unspecified atom stereocenters. The highest BCUT2D eigenvalue weighted by Crippen LogP contribution is 2.24. The Bertz CT molecular complexity index is 393. The highest BCUT2D eigenvalue weighted by molar-refractivity contribution is 7.57. The Kier molecular flexibility index (Phi) is 24.8. The standard InChI is InChI=1S/C26H58N3OP/c1-3-5-7-9-11-12-13-14-15-16-17-18-19-20-22-24-26-29-31(27,30)28-25-23-21-10-8-6-4-2/h3-26H2,1-2H3,(H4,27,28,29,30). The zero-order chi connectivity index (χ0) is 22.9. The minimum Gasteiger partial charge on any atom is -0.271 e. The average Bonchev–Trinajstić information content (AvgIpc) is 2.75. The van der Waals surface area contributed by atoms with Gasteiger partial charge in [0.15, 0.2) is 0 Å². The van der Waals surface area contributed by atoms with Gasteiger partial charge >= 0.3 is 0 Å². The normalized spacial score (nSPS) is 13.5. The topological polar surface area (TPSA) is 67.1 Å². The minimum atomic E-state index is -2.84. The van der Waals surface area contributed by atoms with Gasteiger partial charge in [-0.3, -0.25) is 10.1 Å². The van der Waals surface area contributed by atoms with Gasteiger partial charge in [0.25, 0.3) is 7.59 Å². The number of hydrogen-bond donors (Lipinski definition) is 3. The highest BCUT2D eigenvalue weighted by atomic mass is 31.2. The first-order valence-corrected chi connectivity index (χ1v) is 15.8. The van der Waals surface area contributed by atoms with Crippen LogP contribution in [-0.2, 0) is 4.57 Å². The van der Waals surface area contributed by atoms with E-state index in [1.165, 1.54) is 128 Å². The van der Waals surface area contributed by atoms with Crippen LogP contribution in [0.2, 0.25) is 0 Å². The van der Waals surface area contributed by atoms with Gasteiger partial charge in [-0.05, 0) is 12.8 Å². The molecule has 0 rings (SSSR count). The molecule has 0 fully saturated rings. The SMILES string of the molecule is CCCCCCCCCCCCCCCCCCNP(N)(=O)NCCCCCCCC. The van der Waals surface area contributed by atoms with Crippen LogP contribution in [0.15, 0.2) is 0 Å². The van der Waals surface area contributed by atoms with Crippen molar-refractivity contribution in [2.45, 2.75) is 155 Å². The van der Waals surface area contributed by atoms with E-state index < -0.39 is 7.59 Å². The van der Waals surface area contributed by atoms with Gasteiger partial charge in [-0.1, -0.05) is 142 Å². The van der Waals surface area contributed by atoms with Crippen molar-refractivity contribution in [3.8, 4) is 0 Å². The maximum Gasteiger partial charge on any atom is 0.276 e. The second-order valence-corrected chi connectivity index (χ2v) is 11.5. The van der Waals surface area contributed by atoms with Gasteiger partial charge in [-0.15, -0.1) is 0 Å². The molecule has 0 bridgehead atoms.